The van der Waals surface area contributed by atoms with Crippen molar-refractivity contribution in [3.8, 4) is 0 Å². The maximum Gasteiger partial charge on any atom is 0.282 e. The summed E-state index contributed by atoms with van der Waals surface area (Å²) in [6, 6.07) is 1.35. The number of halogens is 2. The average Bonchev–Trinajstić information content (AvgIpc) is 2.78. The van der Waals surface area contributed by atoms with Crippen molar-refractivity contribution in [2.45, 2.75) is 64.0 Å². The van der Waals surface area contributed by atoms with Crippen LogP contribution in [0.25, 0.3) is 0 Å². The monoisotopic (exact) mass is 323 g/mol. The Morgan fingerprint density at radius 2 is 1.87 bits per heavy atom. The van der Waals surface area contributed by atoms with Gasteiger partial charge in [0.15, 0.2) is 0 Å². The molecule has 126 valence electrons. The standard InChI is InChI=1S/C17H23F2N3O/c1-10-2-14(16(18)19)21-22(10)9-15(23)20-17-6-11-3-12(7-17)5-13(4-11)8-17/h2,11-13,16H,3-9H2,1H3,(H,20,23). The number of aromatic nitrogens is 2. The van der Waals surface area contributed by atoms with Crippen molar-refractivity contribution < 1.29 is 13.6 Å². The maximum absolute atomic E-state index is 12.7. The molecule has 0 spiro atoms. The molecule has 6 heteroatoms. The molecule has 1 heterocycles. The maximum atomic E-state index is 12.7. The Morgan fingerprint density at radius 1 is 1.30 bits per heavy atom. The van der Waals surface area contributed by atoms with Gasteiger partial charge in [-0.15, -0.1) is 0 Å². The molecule has 4 fully saturated rings. The molecule has 1 aromatic heterocycles. The van der Waals surface area contributed by atoms with Gasteiger partial charge in [0.05, 0.1) is 0 Å². The Balaban J connectivity index is 1.44. The molecule has 0 aliphatic heterocycles. The highest BCUT2D eigenvalue weighted by atomic mass is 19.3. The van der Waals surface area contributed by atoms with Crippen LogP contribution in [0.1, 0.15) is 56.3 Å². The van der Waals surface area contributed by atoms with E-state index in [1.54, 1.807) is 6.92 Å². The third kappa shape index (κ3) is 2.76. The molecule has 0 radical (unpaired) electrons. The summed E-state index contributed by atoms with van der Waals surface area (Å²) in [5.74, 6) is 2.19. The summed E-state index contributed by atoms with van der Waals surface area (Å²) in [7, 11) is 0. The molecule has 5 rings (SSSR count). The number of nitrogens with one attached hydrogen (secondary N) is 1. The minimum absolute atomic E-state index is 0.0281. The minimum Gasteiger partial charge on any atom is -0.349 e. The van der Waals surface area contributed by atoms with E-state index < -0.39 is 6.43 Å². The van der Waals surface area contributed by atoms with E-state index in [9.17, 15) is 13.6 Å². The van der Waals surface area contributed by atoms with E-state index in [2.05, 4.69) is 10.4 Å². The molecular formula is C17H23F2N3O. The molecule has 4 aliphatic carbocycles. The fourth-order valence-corrected chi connectivity index (χ4v) is 5.54. The van der Waals surface area contributed by atoms with Crippen molar-refractivity contribution >= 4 is 5.91 Å². The van der Waals surface area contributed by atoms with Gasteiger partial charge in [-0.1, -0.05) is 0 Å². The van der Waals surface area contributed by atoms with Crippen LogP contribution in [0.4, 0.5) is 8.78 Å². The Labute approximate surface area is 134 Å². The molecule has 0 atom stereocenters. The smallest absolute Gasteiger partial charge is 0.282 e. The van der Waals surface area contributed by atoms with Crippen LogP contribution in [-0.2, 0) is 11.3 Å². The number of hydrogen-bond donors (Lipinski definition) is 1. The first kappa shape index (κ1) is 15.1. The second kappa shape index (κ2) is 5.28. The molecule has 4 bridgehead atoms. The van der Waals surface area contributed by atoms with Crippen molar-refractivity contribution in [2.75, 3.05) is 0 Å². The number of aryl methyl sites for hydroxylation is 1. The zero-order chi connectivity index (χ0) is 16.2. The van der Waals surface area contributed by atoms with Crippen LogP contribution in [-0.4, -0.2) is 21.2 Å². The fourth-order valence-electron chi connectivity index (χ4n) is 5.54. The molecule has 4 aliphatic rings. The molecule has 23 heavy (non-hydrogen) atoms. The predicted molar refractivity (Wildman–Crippen MR) is 81.0 cm³/mol. The van der Waals surface area contributed by atoms with E-state index in [1.165, 1.54) is 30.0 Å². The molecule has 0 aromatic carbocycles. The molecule has 1 amide bonds. The molecular weight excluding hydrogens is 300 g/mol. The van der Waals surface area contributed by atoms with Crippen molar-refractivity contribution in [2.24, 2.45) is 17.8 Å². The first-order valence-electron chi connectivity index (χ1n) is 8.56. The summed E-state index contributed by atoms with van der Waals surface area (Å²) in [5, 5.41) is 7.10. The van der Waals surface area contributed by atoms with Crippen LogP contribution in [0.2, 0.25) is 0 Å². The second-order valence-electron chi connectivity index (χ2n) is 7.91. The number of alkyl halides is 2. The molecule has 4 saturated carbocycles. The van der Waals surface area contributed by atoms with Gasteiger partial charge in [-0.2, -0.15) is 5.10 Å². The summed E-state index contributed by atoms with van der Waals surface area (Å²) < 4.78 is 26.8. The Kier molecular flexibility index (Phi) is 3.46. The van der Waals surface area contributed by atoms with Gasteiger partial charge in [0.2, 0.25) is 5.91 Å². The average molecular weight is 323 g/mol. The lowest BCUT2D eigenvalue weighted by molar-refractivity contribution is -0.127. The van der Waals surface area contributed by atoms with Crippen LogP contribution in [0, 0.1) is 24.7 Å². The van der Waals surface area contributed by atoms with Gasteiger partial charge in [-0.25, -0.2) is 8.78 Å². The van der Waals surface area contributed by atoms with Crippen molar-refractivity contribution in [1.29, 1.82) is 0 Å². The van der Waals surface area contributed by atoms with Gasteiger partial charge in [0, 0.05) is 11.2 Å². The number of nitrogens with zero attached hydrogens (tertiary/aromatic N) is 2. The highest BCUT2D eigenvalue weighted by Gasteiger charge is 2.51. The zero-order valence-electron chi connectivity index (χ0n) is 13.4. The van der Waals surface area contributed by atoms with Crippen LogP contribution in [0.3, 0.4) is 0 Å². The lowest BCUT2D eigenvalue weighted by Crippen LogP contribution is -2.60. The number of amides is 1. The summed E-state index contributed by atoms with van der Waals surface area (Å²) in [6.07, 6.45) is 4.64. The Hall–Kier alpha value is -1.46. The lowest BCUT2D eigenvalue weighted by atomic mass is 9.53. The zero-order valence-corrected chi connectivity index (χ0v) is 13.4. The molecule has 1 N–H and O–H groups in total. The first-order valence-corrected chi connectivity index (χ1v) is 8.56. The minimum atomic E-state index is -2.60. The van der Waals surface area contributed by atoms with Crippen LogP contribution < -0.4 is 5.32 Å². The number of carbonyl (C=O) groups excluding carboxylic acids is 1. The molecule has 0 unspecified atom stereocenters. The van der Waals surface area contributed by atoms with Gasteiger partial charge in [0.1, 0.15) is 12.2 Å². The van der Waals surface area contributed by atoms with E-state index in [1.807, 2.05) is 0 Å². The summed E-state index contributed by atoms with van der Waals surface area (Å²) in [6.45, 7) is 1.73. The van der Waals surface area contributed by atoms with Gasteiger partial charge >= 0.3 is 0 Å². The second-order valence-corrected chi connectivity index (χ2v) is 7.91. The summed E-state index contributed by atoms with van der Waals surface area (Å²) in [5.41, 5.74) is 0.296. The third-order valence-corrected chi connectivity index (χ3v) is 5.96. The molecule has 0 saturated heterocycles. The highest BCUT2D eigenvalue weighted by molar-refractivity contribution is 5.76. The third-order valence-electron chi connectivity index (χ3n) is 5.96. The number of hydrogen-bond acceptors (Lipinski definition) is 2. The van der Waals surface area contributed by atoms with Gasteiger partial charge < -0.3 is 5.32 Å². The van der Waals surface area contributed by atoms with E-state index in [0.29, 0.717) is 5.69 Å². The Bertz CT molecular complexity index is 590. The summed E-state index contributed by atoms with van der Waals surface area (Å²) >= 11 is 0. The Morgan fingerprint density at radius 3 is 2.35 bits per heavy atom. The fraction of sp³-hybridized carbons (Fsp3) is 0.765. The van der Waals surface area contributed by atoms with Crippen LogP contribution >= 0.6 is 0 Å². The summed E-state index contributed by atoms with van der Waals surface area (Å²) in [4.78, 5) is 12.5. The van der Waals surface area contributed by atoms with Crippen molar-refractivity contribution in [3.05, 3.63) is 17.5 Å². The van der Waals surface area contributed by atoms with Gasteiger partial charge in [0.25, 0.3) is 6.43 Å². The predicted octanol–water partition coefficient (Wildman–Crippen LogP) is 3.21. The van der Waals surface area contributed by atoms with Gasteiger partial charge in [-0.3, -0.25) is 9.48 Å². The van der Waals surface area contributed by atoms with E-state index in [4.69, 9.17) is 0 Å². The largest absolute Gasteiger partial charge is 0.349 e. The van der Waals surface area contributed by atoms with E-state index in [0.717, 1.165) is 37.0 Å². The highest BCUT2D eigenvalue weighted by Crippen LogP contribution is 2.55. The van der Waals surface area contributed by atoms with E-state index in [-0.39, 0.29) is 23.7 Å². The number of carbonyl (C=O) groups is 1. The topological polar surface area (TPSA) is 46.9 Å². The lowest BCUT2D eigenvalue weighted by Gasteiger charge is -2.56. The van der Waals surface area contributed by atoms with Crippen molar-refractivity contribution in [1.82, 2.24) is 15.1 Å². The van der Waals surface area contributed by atoms with Gasteiger partial charge in [-0.05, 0) is 69.3 Å². The molecule has 1 aromatic rings. The molecule has 4 nitrogen and oxygen atoms in total. The normalized spacial score (nSPS) is 35.0. The van der Waals surface area contributed by atoms with Crippen LogP contribution in [0.5, 0.6) is 0 Å². The van der Waals surface area contributed by atoms with Crippen LogP contribution in [0.15, 0.2) is 6.07 Å². The number of rotatable bonds is 4. The van der Waals surface area contributed by atoms with E-state index >= 15 is 0 Å². The SMILES string of the molecule is Cc1cc(C(F)F)nn1CC(=O)NC12CC3CC(CC(C3)C1)C2. The first-order chi connectivity index (χ1) is 10.9. The van der Waals surface area contributed by atoms with Crippen molar-refractivity contribution in [3.63, 3.8) is 0 Å². The quantitative estimate of drug-likeness (QED) is 0.925.